The molecule has 6 heteroatoms. The summed E-state index contributed by atoms with van der Waals surface area (Å²) in [5.41, 5.74) is 3.08. The maximum absolute atomic E-state index is 12.9. The number of carbonyl (C=O) groups excluding carboxylic acids is 3. The van der Waals surface area contributed by atoms with Crippen LogP contribution in [-0.4, -0.2) is 53.2 Å². The predicted octanol–water partition coefficient (Wildman–Crippen LogP) is 3.51. The third kappa shape index (κ3) is 3.95. The summed E-state index contributed by atoms with van der Waals surface area (Å²) in [6.45, 7) is 5.34. The zero-order valence-corrected chi connectivity index (χ0v) is 17.4. The van der Waals surface area contributed by atoms with Crippen LogP contribution >= 0.6 is 0 Å². The largest absolute Gasteiger partial charge is 0.381 e. The molecule has 156 valence electrons. The number of amides is 3. The van der Waals surface area contributed by atoms with E-state index in [0.29, 0.717) is 30.1 Å². The number of nitrogens with one attached hydrogen (secondary N) is 1. The van der Waals surface area contributed by atoms with Crippen LogP contribution in [0.2, 0.25) is 0 Å². The van der Waals surface area contributed by atoms with Gasteiger partial charge in [0.05, 0.1) is 11.1 Å². The van der Waals surface area contributed by atoms with Gasteiger partial charge in [0.15, 0.2) is 0 Å². The zero-order valence-electron chi connectivity index (χ0n) is 17.4. The van der Waals surface area contributed by atoms with E-state index < -0.39 is 0 Å². The number of benzene rings is 2. The molecule has 0 unspecified atom stereocenters. The summed E-state index contributed by atoms with van der Waals surface area (Å²) in [6.07, 6.45) is 1.86. The number of imide groups is 1. The molecule has 0 aromatic heterocycles. The van der Waals surface area contributed by atoms with Crippen LogP contribution < -0.4 is 5.32 Å². The Bertz CT molecular complexity index is 933. The lowest BCUT2D eigenvalue weighted by Crippen LogP contribution is -2.49. The highest BCUT2D eigenvalue weighted by molar-refractivity contribution is 6.22. The van der Waals surface area contributed by atoms with Crippen LogP contribution in [-0.2, 0) is 4.79 Å². The molecule has 0 spiro atoms. The highest BCUT2D eigenvalue weighted by Crippen LogP contribution is 2.23. The van der Waals surface area contributed by atoms with E-state index in [0.717, 1.165) is 23.4 Å². The van der Waals surface area contributed by atoms with Crippen LogP contribution in [0.1, 0.15) is 58.9 Å². The lowest BCUT2D eigenvalue weighted by molar-refractivity contribution is -0.132. The first kappa shape index (κ1) is 20.1. The quantitative estimate of drug-likeness (QED) is 0.773. The van der Waals surface area contributed by atoms with Crippen LogP contribution in [0, 0.1) is 0 Å². The Kier molecular flexibility index (Phi) is 5.57. The second kappa shape index (κ2) is 8.30. The van der Waals surface area contributed by atoms with Gasteiger partial charge >= 0.3 is 0 Å². The Morgan fingerprint density at radius 1 is 1.03 bits per heavy atom. The summed E-state index contributed by atoms with van der Waals surface area (Å²) in [5, 5.41) is 3.52. The number of fused-ring (bicyclic) bond motifs is 1. The molecule has 0 radical (unpaired) electrons. The van der Waals surface area contributed by atoms with Crippen LogP contribution in [0.3, 0.4) is 0 Å². The molecule has 6 nitrogen and oxygen atoms in total. The maximum Gasteiger partial charge on any atom is 0.262 e. The molecule has 2 aliphatic heterocycles. The van der Waals surface area contributed by atoms with E-state index in [1.807, 2.05) is 0 Å². The summed E-state index contributed by atoms with van der Waals surface area (Å²) in [6, 6.07) is 15.3. The number of anilines is 1. The number of likely N-dealkylation sites (tertiary alicyclic amines) is 1. The molecule has 0 saturated carbocycles. The van der Waals surface area contributed by atoms with Crippen molar-refractivity contribution in [1.82, 2.24) is 9.80 Å². The topological polar surface area (TPSA) is 69.7 Å². The molecule has 2 aromatic carbocycles. The van der Waals surface area contributed by atoms with Crippen molar-refractivity contribution < 1.29 is 14.4 Å². The van der Waals surface area contributed by atoms with E-state index >= 15 is 0 Å². The Morgan fingerprint density at radius 2 is 1.67 bits per heavy atom. The average molecular weight is 405 g/mol. The van der Waals surface area contributed by atoms with Crippen molar-refractivity contribution in [3.63, 3.8) is 0 Å². The molecule has 0 bridgehead atoms. The first-order valence-electron chi connectivity index (χ1n) is 10.5. The molecule has 1 saturated heterocycles. The molecule has 2 heterocycles. The number of carbonyl (C=O) groups is 3. The molecule has 1 fully saturated rings. The van der Waals surface area contributed by atoms with Crippen molar-refractivity contribution in [2.45, 2.75) is 38.6 Å². The molecule has 2 aromatic rings. The standard InChI is InChI=1S/C24H27N3O3/c1-16(2)17-9-11-18(12-10-17)25-19-6-5-13-26(14-19)22(28)15-27-23(29)20-7-3-4-8-21(20)24(27)30/h3-4,7-12,16,19,25H,5-6,13-15H2,1-2H3/t19-/m0/s1. The van der Waals surface area contributed by atoms with Crippen LogP contribution in [0.5, 0.6) is 0 Å². The number of nitrogens with zero attached hydrogens (tertiary/aromatic N) is 2. The van der Waals surface area contributed by atoms with Gasteiger partial charge in [0.25, 0.3) is 11.8 Å². The molecular formula is C24H27N3O3. The zero-order chi connectivity index (χ0) is 21.3. The van der Waals surface area contributed by atoms with Crippen molar-refractivity contribution in [1.29, 1.82) is 0 Å². The highest BCUT2D eigenvalue weighted by atomic mass is 16.2. The fraction of sp³-hybridized carbons (Fsp3) is 0.375. The molecule has 0 aliphatic carbocycles. The number of hydrogen-bond donors (Lipinski definition) is 1. The van der Waals surface area contributed by atoms with E-state index in [9.17, 15) is 14.4 Å². The van der Waals surface area contributed by atoms with Gasteiger partial charge in [-0.15, -0.1) is 0 Å². The minimum absolute atomic E-state index is 0.148. The first-order valence-corrected chi connectivity index (χ1v) is 10.5. The fourth-order valence-electron chi connectivity index (χ4n) is 4.14. The monoisotopic (exact) mass is 405 g/mol. The van der Waals surface area contributed by atoms with E-state index in [1.54, 1.807) is 29.2 Å². The van der Waals surface area contributed by atoms with Gasteiger partial charge < -0.3 is 10.2 Å². The SMILES string of the molecule is CC(C)c1ccc(N[C@H]2CCCN(C(=O)CN3C(=O)c4ccccc4C3=O)C2)cc1. The smallest absolute Gasteiger partial charge is 0.262 e. The maximum atomic E-state index is 12.9. The molecule has 1 N–H and O–H groups in total. The van der Waals surface area contributed by atoms with E-state index in [-0.39, 0.29) is 30.3 Å². The molecule has 2 aliphatic rings. The van der Waals surface area contributed by atoms with Crippen LogP contribution in [0.4, 0.5) is 5.69 Å². The van der Waals surface area contributed by atoms with Crippen molar-refractivity contribution >= 4 is 23.4 Å². The summed E-state index contributed by atoms with van der Waals surface area (Å²) >= 11 is 0. The van der Waals surface area contributed by atoms with Gasteiger partial charge in [0.2, 0.25) is 5.91 Å². The molecule has 30 heavy (non-hydrogen) atoms. The normalized spacial score (nSPS) is 18.7. The Balaban J connectivity index is 1.37. The van der Waals surface area contributed by atoms with Gasteiger partial charge in [-0.1, -0.05) is 38.1 Å². The van der Waals surface area contributed by atoms with Gasteiger partial charge in [-0.3, -0.25) is 19.3 Å². The van der Waals surface area contributed by atoms with Gasteiger partial charge in [-0.25, -0.2) is 0 Å². The fourth-order valence-corrected chi connectivity index (χ4v) is 4.14. The number of rotatable bonds is 5. The van der Waals surface area contributed by atoms with Gasteiger partial charge in [-0.05, 0) is 48.6 Å². The van der Waals surface area contributed by atoms with Crippen molar-refractivity contribution in [2.75, 3.05) is 25.0 Å². The van der Waals surface area contributed by atoms with Crippen LogP contribution in [0.25, 0.3) is 0 Å². The van der Waals surface area contributed by atoms with E-state index in [2.05, 4.69) is 43.4 Å². The highest BCUT2D eigenvalue weighted by Gasteiger charge is 2.37. The third-order valence-electron chi connectivity index (χ3n) is 5.89. The summed E-state index contributed by atoms with van der Waals surface area (Å²) < 4.78 is 0. The lowest BCUT2D eigenvalue weighted by atomic mass is 10.0. The molecule has 3 amide bonds. The van der Waals surface area contributed by atoms with E-state index in [4.69, 9.17) is 0 Å². The molecule has 1 atom stereocenters. The average Bonchev–Trinajstić information content (AvgIpc) is 2.99. The Labute approximate surface area is 176 Å². The minimum Gasteiger partial charge on any atom is -0.381 e. The summed E-state index contributed by atoms with van der Waals surface area (Å²) in [5.74, 6) is -0.475. The number of hydrogen-bond acceptors (Lipinski definition) is 4. The number of piperidine rings is 1. The van der Waals surface area contributed by atoms with Gasteiger partial charge in [0.1, 0.15) is 6.54 Å². The molecule has 4 rings (SSSR count). The Hall–Kier alpha value is -3.15. The second-order valence-corrected chi connectivity index (χ2v) is 8.34. The van der Waals surface area contributed by atoms with Crippen LogP contribution in [0.15, 0.2) is 48.5 Å². The summed E-state index contributed by atoms with van der Waals surface area (Å²) in [7, 11) is 0. The van der Waals surface area contributed by atoms with Crippen molar-refractivity contribution in [3.05, 3.63) is 65.2 Å². The lowest BCUT2D eigenvalue weighted by Gasteiger charge is -2.34. The second-order valence-electron chi connectivity index (χ2n) is 8.34. The van der Waals surface area contributed by atoms with Gasteiger partial charge in [0, 0.05) is 24.8 Å². The van der Waals surface area contributed by atoms with Crippen molar-refractivity contribution in [2.24, 2.45) is 0 Å². The van der Waals surface area contributed by atoms with E-state index in [1.165, 1.54) is 5.56 Å². The van der Waals surface area contributed by atoms with Crippen molar-refractivity contribution in [3.8, 4) is 0 Å². The predicted molar refractivity (Wildman–Crippen MR) is 116 cm³/mol. The summed E-state index contributed by atoms with van der Waals surface area (Å²) in [4.78, 5) is 40.7. The Morgan fingerprint density at radius 3 is 2.27 bits per heavy atom. The van der Waals surface area contributed by atoms with Gasteiger partial charge in [-0.2, -0.15) is 0 Å². The first-order chi connectivity index (χ1) is 14.4. The molecular weight excluding hydrogens is 378 g/mol. The third-order valence-corrected chi connectivity index (χ3v) is 5.89. The minimum atomic E-state index is -0.388.